The van der Waals surface area contributed by atoms with E-state index in [1.165, 1.54) is 28.8 Å². The number of halogens is 1. The number of benzene rings is 1. The van der Waals surface area contributed by atoms with Crippen LogP contribution in [0.25, 0.3) is 0 Å². The molecule has 2 aromatic rings. The van der Waals surface area contributed by atoms with Crippen LogP contribution in [-0.4, -0.2) is 116 Å². The number of carbonyl (C=O) groups is 1. The van der Waals surface area contributed by atoms with Gasteiger partial charge in [-0.05, 0) is 77.7 Å². The number of anilines is 1. The van der Waals surface area contributed by atoms with E-state index in [9.17, 15) is 17.6 Å². The quantitative estimate of drug-likeness (QED) is 0.365. The zero-order chi connectivity index (χ0) is 33.1. The molecule has 3 fully saturated rings. The lowest BCUT2D eigenvalue weighted by molar-refractivity contribution is -0.0300. The number of hydrogen-bond acceptors (Lipinski definition) is 9. The fourth-order valence-electron chi connectivity index (χ4n) is 6.64. The molecule has 3 saturated heterocycles. The molecule has 0 radical (unpaired) electrons. The third kappa shape index (κ3) is 7.79. The zero-order valence-corrected chi connectivity index (χ0v) is 28.4. The first kappa shape index (κ1) is 34.4. The van der Waals surface area contributed by atoms with Crippen molar-refractivity contribution in [3.05, 3.63) is 42.1 Å². The second kappa shape index (κ2) is 14.5. The highest BCUT2D eigenvalue weighted by Gasteiger charge is 2.46. The van der Waals surface area contributed by atoms with Crippen molar-refractivity contribution in [1.82, 2.24) is 28.8 Å². The average Bonchev–Trinajstić information content (AvgIpc) is 3.02. The summed E-state index contributed by atoms with van der Waals surface area (Å²) in [5.74, 6) is 0.570. The van der Waals surface area contributed by atoms with Gasteiger partial charge in [-0.15, -0.1) is 0 Å². The SMILES string of the molecule is CCN(C(=O)c1cc(F)ccc1Oc1cncnc1N1CC2(CCN(C[C@@H]3CC[C@@H](NS(=O)(=O)N(C)CC)CO3)CC2)C1)C(C)C. The molecule has 1 amide bonds. The van der Waals surface area contributed by atoms with E-state index >= 15 is 0 Å². The Morgan fingerprint density at radius 2 is 1.91 bits per heavy atom. The molecule has 0 bridgehead atoms. The summed E-state index contributed by atoms with van der Waals surface area (Å²) in [5.41, 5.74) is 0.358. The molecule has 254 valence electrons. The van der Waals surface area contributed by atoms with E-state index in [-0.39, 0.29) is 40.8 Å². The van der Waals surface area contributed by atoms with Crippen LogP contribution >= 0.6 is 0 Å². The highest BCUT2D eigenvalue weighted by Crippen LogP contribution is 2.45. The van der Waals surface area contributed by atoms with Gasteiger partial charge in [0.15, 0.2) is 11.6 Å². The fourth-order valence-corrected chi connectivity index (χ4v) is 7.76. The van der Waals surface area contributed by atoms with Gasteiger partial charge in [-0.3, -0.25) is 4.79 Å². The third-order valence-corrected chi connectivity index (χ3v) is 11.3. The molecule has 1 aromatic carbocycles. The van der Waals surface area contributed by atoms with Gasteiger partial charge in [-0.2, -0.15) is 17.4 Å². The van der Waals surface area contributed by atoms with Crippen LogP contribution < -0.4 is 14.4 Å². The van der Waals surface area contributed by atoms with Crippen molar-refractivity contribution in [2.45, 2.75) is 71.6 Å². The van der Waals surface area contributed by atoms with Gasteiger partial charge in [0.25, 0.3) is 16.1 Å². The van der Waals surface area contributed by atoms with Gasteiger partial charge in [0.1, 0.15) is 17.9 Å². The van der Waals surface area contributed by atoms with E-state index in [0.29, 0.717) is 31.3 Å². The monoisotopic (exact) mass is 661 g/mol. The van der Waals surface area contributed by atoms with E-state index in [4.69, 9.17) is 9.47 Å². The second-order valence-electron chi connectivity index (χ2n) is 13.1. The van der Waals surface area contributed by atoms with Crippen molar-refractivity contribution in [2.75, 3.05) is 64.4 Å². The smallest absolute Gasteiger partial charge is 0.279 e. The number of likely N-dealkylation sites (tertiary alicyclic amines) is 1. The molecular weight excluding hydrogens is 613 g/mol. The predicted octanol–water partition coefficient (Wildman–Crippen LogP) is 3.51. The van der Waals surface area contributed by atoms with Crippen molar-refractivity contribution in [3.8, 4) is 11.5 Å². The molecule has 2 atom stereocenters. The molecule has 1 spiro atoms. The lowest BCUT2D eigenvalue weighted by atomic mass is 9.72. The van der Waals surface area contributed by atoms with Gasteiger partial charge < -0.3 is 24.2 Å². The molecule has 3 aliphatic rings. The Morgan fingerprint density at radius 1 is 1.17 bits per heavy atom. The molecule has 5 rings (SSSR count). The molecule has 0 unspecified atom stereocenters. The number of rotatable bonds is 12. The second-order valence-corrected chi connectivity index (χ2v) is 14.9. The highest BCUT2D eigenvalue weighted by molar-refractivity contribution is 7.87. The number of hydrogen-bond donors (Lipinski definition) is 1. The van der Waals surface area contributed by atoms with Crippen LogP contribution in [0, 0.1) is 11.2 Å². The number of carbonyl (C=O) groups excluding carboxylic acids is 1. The van der Waals surface area contributed by atoms with E-state index < -0.39 is 16.0 Å². The third-order valence-electron chi connectivity index (χ3n) is 9.55. The van der Waals surface area contributed by atoms with Crippen molar-refractivity contribution in [1.29, 1.82) is 0 Å². The minimum Gasteiger partial charge on any atom is -0.451 e. The number of amides is 1. The topological polar surface area (TPSA) is 120 Å². The minimum atomic E-state index is -3.48. The van der Waals surface area contributed by atoms with Crippen molar-refractivity contribution in [2.24, 2.45) is 5.41 Å². The highest BCUT2D eigenvalue weighted by atomic mass is 32.2. The maximum atomic E-state index is 14.3. The summed E-state index contributed by atoms with van der Waals surface area (Å²) in [6.45, 7) is 13.3. The largest absolute Gasteiger partial charge is 0.451 e. The fraction of sp³-hybridized carbons (Fsp3) is 0.656. The summed E-state index contributed by atoms with van der Waals surface area (Å²) in [4.78, 5) is 28.3. The van der Waals surface area contributed by atoms with Crippen molar-refractivity contribution >= 4 is 21.9 Å². The Bertz CT molecular complexity index is 1450. The van der Waals surface area contributed by atoms with Crippen LogP contribution in [0.2, 0.25) is 0 Å². The van der Waals surface area contributed by atoms with Crippen LogP contribution in [0.4, 0.5) is 10.2 Å². The molecule has 0 saturated carbocycles. The molecule has 1 N–H and O–H groups in total. The Kier molecular flexibility index (Phi) is 10.8. The van der Waals surface area contributed by atoms with Crippen molar-refractivity contribution in [3.63, 3.8) is 0 Å². The van der Waals surface area contributed by atoms with Crippen LogP contribution in [-0.2, 0) is 14.9 Å². The number of ether oxygens (including phenoxy) is 2. The Balaban J connectivity index is 1.14. The number of nitrogens with zero attached hydrogens (tertiary/aromatic N) is 6. The molecule has 12 nitrogen and oxygen atoms in total. The van der Waals surface area contributed by atoms with Crippen molar-refractivity contribution < 1.29 is 27.1 Å². The first-order valence-corrected chi connectivity index (χ1v) is 17.8. The minimum absolute atomic E-state index is 0.0447. The predicted molar refractivity (Wildman–Crippen MR) is 174 cm³/mol. The van der Waals surface area contributed by atoms with Gasteiger partial charge in [-0.25, -0.2) is 14.4 Å². The molecule has 0 aliphatic carbocycles. The molecule has 1 aromatic heterocycles. The van der Waals surface area contributed by atoms with Crippen LogP contribution in [0.1, 0.15) is 63.7 Å². The Hall–Kier alpha value is -2.91. The lowest BCUT2D eigenvalue weighted by Crippen LogP contribution is -2.61. The summed E-state index contributed by atoms with van der Waals surface area (Å²) in [7, 11) is -1.91. The molecule has 46 heavy (non-hydrogen) atoms. The summed E-state index contributed by atoms with van der Waals surface area (Å²) >= 11 is 0. The van der Waals surface area contributed by atoms with Gasteiger partial charge in [0.05, 0.1) is 24.5 Å². The van der Waals surface area contributed by atoms with Gasteiger partial charge in [-0.1, -0.05) is 6.92 Å². The van der Waals surface area contributed by atoms with E-state index in [2.05, 4.69) is 24.5 Å². The summed E-state index contributed by atoms with van der Waals surface area (Å²) in [5, 5.41) is 0. The standard InChI is InChI=1S/C32H48FN7O5S/c1-6-37(5)46(42,43)36-25-9-10-26(44-19-25)18-38-14-12-32(13-15-38)20-39(21-32)30-29(17-34-22-35-30)45-28-11-8-24(33)16-27(28)31(41)40(7-2)23(3)4/h8,11,16-17,22-23,25-26,36H,6-7,9-10,12-15,18-21H2,1-5H3/t25-,26+/m1/s1. The Morgan fingerprint density at radius 3 is 2.54 bits per heavy atom. The van der Waals surface area contributed by atoms with Crippen LogP contribution in [0.15, 0.2) is 30.7 Å². The van der Waals surface area contributed by atoms with Gasteiger partial charge >= 0.3 is 0 Å². The Labute approximate surface area is 272 Å². The molecule has 14 heteroatoms. The number of aromatic nitrogens is 2. The number of piperidine rings is 1. The zero-order valence-electron chi connectivity index (χ0n) is 27.6. The van der Waals surface area contributed by atoms with Crippen LogP contribution in [0.3, 0.4) is 0 Å². The maximum absolute atomic E-state index is 14.3. The summed E-state index contributed by atoms with van der Waals surface area (Å²) < 4.78 is 55.3. The first-order chi connectivity index (χ1) is 21.9. The normalized spacial score (nSPS) is 21.9. The lowest BCUT2D eigenvalue weighted by Gasteiger charge is -2.54. The van der Waals surface area contributed by atoms with Gasteiger partial charge in [0.2, 0.25) is 0 Å². The van der Waals surface area contributed by atoms with Crippen LogP contribution in [0.5, 0.6) is 11.5 Å². The number of nitrogens with one attached hydrogen (secondary N) is 1. The van der Waals surface area contributed by atoms with E-state index in [1.54, 1.807) is 18.1 Å². The van der Waals surface area contributed by atoms with E-state index in [1.807, 2.05) is 27.7 Å². The molecule has 3 aliphatic heterocycles. The maximum Gasteiger partial charge on any atom is 0.279 e. The summed E-state index contributed by atoms with van der Waals surface area (Å²) in [6.07, 6.45) is 6.89. The first-order valence-electron chi connectivity index (χ1n) is 16.3. The average molecular weight is 662 g/mol. The molecular formula is C32H48FN7O5S. The molecule has 4 heterocycles. The van der Waals surface area contributed by atoms with Gasteiger partial charge in [0, 0.05) is 57.3 Å². The van der Waals surface area contributed by atoms with E-state index in [0.717, 1.165) is 58.4 Å². The summed E-state index contributed by atoms with van der Waals surface area (Å²) in [6, 6.07) is 3.76.